The summed E-state index contributed by atoms with van der Waals surface area (Å²) in [5.74, 6) is -6.23. The van der Waals surface area contributed by atoms with Gasteiger partial charge in [-0.1, -0.05) is 13.8 Å². The smallest absolute Gasteiger partial charge is 0.372 e. The molecule has 0 saturated heterocycles. The van der Waals surface area contributed by atoms with Crippen LogP contribution in [0.15, 0.2) is 4.42 Å². The normalized spacial score (nSPS) is 9.12. The monoisotopic (exact) mass is 244 g/mol. The fraction of sp³-hybridized carbons (Fsp3) is 0.300. The predicted octanol–water partition coefficient (Wildman–Crippen LogP) is 1.71. The van der Waals surface area contributed by atoms with Gasteiger partial charge >= 0.3 is 17.9 Å². The van der Waals surface area contributed by atoms with E-state index >= 15 is 0 Å². The van der Waals surface area contributed by atoms with Crippen molar-refractivity contribution in [2.24, 2.45) is 0 Å². The molecule has 0 aromatic carbocycles. The largest absolute Gasteiger partial charge is 0.478 e. The summed E-state index contributed by atoms with van der Waals surface area (Å²) < 4.78 is 4.45. The number of hydrogen-bond donors (Lipinski definition) is 3. The van der Waals surface area contributed by atoms with Crippen LogP contribution in [0.5, 0.6) is 0 Å². The highest BCUT2D eigenvalue weighted by Crippen LogP contribution is 2.22. The first-order chi connectivity index (χ1) is 7.86. The average molecular weight is 244 g/mol. The maximum Gasteiger partial charge on any atom is 0.372 e. The lowest BCUT2D eigenvalue weighted by Gasteiger charge is -1.91. The Morgan fingerprint density at radius 3 is 1.53 bits per heavy atom. The van der Waals surface area contributed by atoms with Gasteiger partial charge < -0.3 is 19.7 Å². The Morgan fingerprint density at radius 2 is 1.29 bits per heavy atom. The van der Waals surface area contributed by atoms with Crippen LogP contribution in [-0.2, 0) is 0 Å². The van der Waals surface area contributed by atoms with Crippen molar-refractivity contribution < 1.29 is 34.1 Å². The fourth-order valence-electron chi connectivity index (χ4n) is 1.13. The zero-order valence-corrected chi connectivity index (χ0v) is 9.47. The molecule has 1 heterocycles. The van der Waals surface area contributed by atoms with Crippen molar-refractivity contribution in [1.82, 2.24) is 0 Å². The van der Waals surface area contributed by atoms with Gasteiger partial charge in [0.05, 0.1) is 0 Å². The molecule has 17 heavy (non-hydrogen) atoms. The minimum absolute atomic E-state index is 0.215. The van der Waals surface area contributed by atoms with Crippen molar-refractivity contribution in [3.8, 4) is 0 Å². The Balaban J connectivity index is 0.00000121. The molecule has 0 aliphatic carbocycles. The lowest BCUT2D eigenvalue weighted by Crippen LogP contribution is -2.06. The van der Waals surface area contributed by atoms with Gasteiger partial charge in [0.25, 0.3) is 0 Å². The highest BCUT2D eigenvalue weighted by molar-refractivity contribution is 6.03. The van der Waals surface area contributed by atoms with Crippen LogP contribution in [0.4, 0.5) is 0 Å². The Labute approximate surface area is 96.3 Å². The van der Waals surface area contributed by atoms with Crippen LogP contribution >= 0.6 is 0 Å². The standard InChI is InChI=1S/C8H6O7.C2H6/c1-2-3(6(9)10)5(8(13)14)15-4(2)7(11)12;1-2/h1H3,(H,9,10)(H,11,12)(H,13,14);1-2H3. The molecule has 7 nitrogen and oxygen atoms in total. The zero-order valence-electron chi connectivity index (χ0n) is 9.47. The van der Waals surface area contributed by atoms with E-state index in [0.29, 0.717) is 0 Å². The van der Waals surface area contributed by atoms with Crippen molar-refractivity contribution in [1.29, 1.82) is 0 Å². The molecule has 1 rings (SSSR count). The van der Waals surface area contributed by atoms with Crippen molar-refractivity contribution in [2.75, 3.05) is 0 Å². The number of carboxylic acids is 3. The van der Waals surface area contributed by atoms with E-state index in [9.17, 15) is 14.4 Å². The first-order valence-corrected chi connectivity index (χ1v) is 4.69. The van der Waals surface area contributed by atoms with Crippen LogP contribution in [0.1, 0.15) is 50.9 Å². The molecular weight excluding hydrogens is 232 g/mol. The molecule has 94 valence electrons. The molecule has 0 unspecified atom stereocenters. The molecule has 0 radical (unpaired) electrons. The van der Waals surface area contributed by atoms with E-state index in [1.54, 1.807) is 0 Å². The summed E-state index contributed by atoms with van der Waals surface area (Å²) in [6.45, 7) is 5.17. The molecule has 0 atom stereocenters. The molecule has 0 spiro atoms. The predicted molar refractivity (Wildman–Crippen MR) is 55.7 cm³/mol. The first-order valence-electron chi connectivity index (χ1n) is 4.69. The zero-order chi connectivity index (χ0) is 13.7. The van der Waals surface area contributed by atoms with Gasteiger partial charge in [0.2, 0.25) is 11.5 Å². The van der Waals surface area contributed by atoms with E-state index in [-0.39, 0.29) is 5.56 Å². The first kappa shape index (κ1) is 14.7. The third-order valence-corrected chi connectivity index (χ3v) is 1.75. The van der Waals surface area contributed by atoms with Gasteiger partial charge in [-0.15, -0.1) is 0 Å². The number of rotatable bonds is 3. The van der Waals surface area contributed by atoms with Crippen molar-refractivity contribution >= 4 is 17.9 Å². The minimum atomic E-state index is -1.62. The molecule has 1 aromatic rings. The van der Waals surface area contributed by atoms with Gasteiger partial charge in [-0.2, -0.15) is 0 Å². The highest BCUT2D eigenvalue weighted by atomic mass is 16.4. The molecule has 0 bridgehead atoms. The highest BCUT2D eigenvalue weighted by Gasteiger charge is 2.29. The third kappa shape index (κ3) is 2.83. The maximum atomic E-state index is 10.7. The van der Waals surface area contributed by atoms with Gasteiger partial charge in [0.15, 0.2) is 0 Å². The molecular formula is C10H12O7. The summed E-state index contributed by atoms with van der Waals surface area (Å²) in [4.78, 5) is 31.8. The Kier molecular flexibility index (Phi) is 4.91. The Morgan fingerprint density at radius 1 is 0.882 bits per heavy atom. The van der Waals surface area contributed by atoms with Crippen molar-refractivity contribution in [3.05, 3.63) is 22.6 Å². The second kappa shape index (κ2) is 5.69. The van der Waals surface area contributed by atoms with Crippen LogP contribution in [-0.4, -0.2) is 33.2 Å². The van der Waals surface area contributed by atoms with Crippen molar-refractivity contribution in [3.63, 3.8) is 0 Å². The van der Waals surface area contributed by atoms with Gasteiger partial charge in [0, 0.05) is 5.56 Å². The van der Waals surface area contributed by atoms with Crippen LogP contribution in [0.2, 0.25) is 0 Å². The minimum Gasteiger partial charge on any atom is -0.478 e. The number of aromatic carboxylic acids is 3. The van der Waals surface area contributed by atoms with Gasteiger partial charge in [0.1, 0.15) is 5.56 Å². The van der Waals surface area contributed by atoms with E-state index in [0.717, 1.165) is 0 Å². The second-order valence-corrected chi connectivity index (χ2v) is 2.68. The van der Waals surface area contributed by atoms with Crippen LogP contribution in [0.25, 0.3) is 0 Å². The molecule has 0 amide bonds. The topological polar surface area (TPSA) is 125 Å². The number of hydrogen-bond acceptors (Lipinski definition) is 4. The van der Waals surface area contributed by atoms with E-state index in [2.05, 4.69) is 4.42 Å². The summed E-state index contributed by atoms with van der Waals surface area (Å²) in [5.41, 5.74) is -0.854. The van der Waals surface area contributed by atoms with Crippen molar-refractivity contribution in [2.45, 2.75) is 20.8 Å². The Hall–Kier alpha value is -2.31. The molecule has 0 aliphatic rings. The van der Waals surface area contributed by atoms with Crippen LogP contribution in [0.3, 0.4) is 0 Å². The average Bonchev–Trinajstić information content (AvgIpc) is 2.59. The summed E-state index contributed by atoms with van der Waals surface area (Å²) in [5, 5.41) is 25.8. The quantitative estimate of drug-likeness (QED) is 0.738. The maximum absolute atomic E-state index is 10.7. The second-order valence-electron chi connectivity index (χ2n) is 2.68. The fourth-order valence-corrected chi connectivity index (χ4v) is 1.13. The number of furan rings is 1. The van der Waals surface area contributed by atoms with Crippen LogP contribution in [0, 0.1) is 6.92 Å². The summed E-state index contributed by atoms with van der Waals surface area (Å²) in [7, 11) is 0. The molecule has 0 aliphatic heterocycles. The molecule has 0 saturated carbocycles. The summed E-state index contributed by atoms with van der Waals surface area (Å²) >= 11 is 0. The SMILES string of the molecule is CC.Cc1c(C(=O)O)oc(C(=O)O)c1C(=O)O. The molecule has 0 fully saturated rings. The lowest BCUT2D eigenvalue weighted by molar-refractivity contribution is 0.0608. The van der Waals surface area contributed by atoms with E-state index < -0.39 is 35.0 Å². The van der Waals surface area contributed by atoms with E-state index in [4.69, 9.17) is 15.3 Å². The summed E-state index contributed by atoms with van der Waals surface area (Å²) in [6, 6.07) is 0. The van der Waals surface area contributed by atoms with Gasteiger partial charge in [-0.05, 0) is 6.92 Å². The third-order valence-electron chi connectivity index (χ3n) is 1.75. The van der Waals surface area contributed by atoms with Crippen LogP contribution < -0.4 is 0 Å². The Bertz CT molecular complexity index is 455. The lowest BCUT2D eigenvalue weighted by atomic mass is 10.1. The number of carbonyl (C=O) groups is 3. The van der Waals surface area contributed by atoms with E-state index in [1.165, 1.54) is 6.92 Å². The van der Waals surface area contributed by atoms with Gasteiger partial charge in [-0.3, -0.25) is 0 Å². The van der Waals surface area contributed by atoms with Gasteiger partial charge in [-0.25, -0.2) is 14.4 Å². The van der Waals surface area contributed by atoms with E-state index in [1.807, 2.05) is 13.8 Å². The summed E-state index contributed by atoms with van der Waals surface area (Å²) in [6.07, 6.45) is 0. The molecule has 1 aromatic heterocycles. The molecule has 3 N–H and O–H groups in total. The number of carboxylic acid groups (broad SMARTS) is 3. The molecule has 7 heteroatoms.